The molecule has 0 aliphatic heterocycles. The van der Waals surface area contributed by atoms with E-state index in [0.717, 1.165) is 5.56 Å². The summed E-state index contributed by atoms with van der Waals surface area (Å²) >= 11 is 0. The fourth-order valence-corrected chi connectivity index (χ4v) is 2.29. The average molecular weight is 271 g/mol. The highest BCUT2D eigenvalue weighted by atomic mass is 32.2. The molecule has 2 unspecified atom stereocenters. The van der Waals surface area contributed by atoms with E-state index in [0.29, 0.717) is 5.75 Å². The zero-order chi connectivity index (χ0) is 13.9. The predicted octanol–water partition coefficient (Wildman–Crippen LogP) is 1.91. The van der Waals surface area contributed by atoms with Crippen molar-refractivity contribution in [2.75, 3.05) is 6.26 Å². The zero-order valence-electron chi connectivity index (χ0n) is 11.3. The van der Waals surface area contributed by atoms with Crippen molar-refractivity contribution < 1.29 is 13.2 Å². The number of rotatable bonds is 5. The molecule has 0 aliphatic rings. The van der Waals surface area contributed by atoms with Gasteiger partial charge in [0.1, 0.15) is 5.75 Å². The minimum Gasteiger partial charge on any atom is -0.491 e. The molecule has 0 radical (unpaired) electrons. The van der Waals surface area contributed by atoms with Crippen LogP contribution in [0.4, 0.5) is 0 Å². The summed E-state index contributed by atoms with van der Waals surface area (Å²) < 4.78 is 28.6. The van der Waals surface area contributed by atoms with E-state index < -0.39 is 21.1 Å². The lowest BCUT2D eigenvalue weighted by Crippen LogP contribution is -2.30. The standard InChI is InChI=1S/C13H21NO3S/c1-9(2)17-12-7-5-6-11(8-12)13(14)10(3)18(4,15)16/h5-10,13H,14H2,1-4H3. The molecule has 2 atom stereocenters. The average Bonchev–Trinajstić information content (AvgIpc) is 2.25. The van der Waals surface area contributed by atoms with Gasteiger partial charge in [0.25, 0.3) is 0 Å². The van der Waals surface area contributed by atoms with Crippen LogP contribution in [-0.2, 0) is 9.84 Å². The molecule has 0 saturated carbocycles. The number of sulfone groups is 1. The Labute approximate surface area is 109 Å². The summed E-state index contributed by atoms with van der Waals surface area (Å²) in [7, 11) is -3.15. The van der Waals surface area contributed by atoms with Crippen LogP contribution in [0.2, 0.25) is 0 Å². The number of hydrogen-bond acceptors (Lipinski definition) is 4. The molecule has 0 bridgehead atoms. The molecule has 18 heavy (non-hydrogen) atoms. The Morgan fingerprint density at radius 1 is 1.22 bits per heavy atom. The first-order valence-corrected chi connectivity index (χ1v) is 7.88. The van der Waals surface area contributed by atoms with Crippen LogP contribution in [0.5, 0.6) is 5.75 Å². The van der Waals surface area contributed by atoms with E-state index in [2.05, 4.69) is 0 Å². The number of hydrogen-bond donors (Lipinski definition) is 1. The van der Waals surface area contributed by atoms with Gasteiger partial charge in [0.2, 0.25) is 0 Å². The molecule has 0 spiro atoms. The Bertz CT molecular complexity index is 497. The van der Waals surface area contributed by atoms with Crippen LogP contribution in [0, 0.1) is 0 Å². The van der Waals surface area contributed by atoms with Crippen molar-refractivity contribution in [1.82, 2.24) is 0 Å². The summed E-state index contributed by atoms with van der Waals surface area (Å²) in [5.74, 6) is 0.707. The van der Waals surface area contributed by atoms with Crippen molar-refractivity contribution in [3.05, 3.63) is 29.8 Å². The summed E-state index contributed by atoms with van der Waals surface area (Å²) in [5.41, 5.74) is 6.76. The van der Waals surface area contributed by atoms with E-state index in [9.17, 15) is 8.42 Å². The first kappa shape index (κ1) is 15.0. The second kappa shape index (κ2) is 5.71. The monoisotopic (exact) mass is 271 g/mol. The molecule has 0 amide bonds. The van der Waals surface area contributed by atoms with Crippen LogP contribution < -0.4 is 10.5 Å². The Hall–Kier alpha value is -1.07. The Balaban J connectivity index is 2.96. The lowest BCUT2D eigenvalue weighted by atomic mass is 10.1. The van der Waals surface area contributed by atoms with E-state index in [1.165, 1.54) is 6.26 Å². The summed E-state index contributed by atoms with van der Waals surface area (Å²) in [6.45, 7) is 5.49. The fraction of sp³-hybridized carbons (Fsp3) is 0.538. The van der Waals surface area contributed by atoms with Crippen LogP contribution >= 0.6 is 0 Å². The molecule has 4 nitrogen and oxygen atoms in total. The van der Waals surface area contributed by atoms with Crippen molar-refractivity contribution in [3.8, 4) is 5.75 Å². The summed E-state index contributed by atoms with van der Waals surface area (Å²) in [4.78, 5) is 0. The Morgan fingerprint density at radius 2 is 1.83 bits per heavy atom. The molecular formula is C13H21NO3S. The highest BCUT2D eigenvalue weighted by Crippen LogP contribution is 2.23. The van der Waals surface area contributed by atoms with Crippen LogP contribution in [0.1, 0.15) is 32.4 Å². The van der Waals surface area contributed by atoms with Gasteiger partial charge in [-0.1, -0.05) is 12.1 Å². The lowest BCUT2D eigenvalue weighted by molar-refractivity contribution is 0.242. The van der Waals surface area contributed by atoms with Crippen molar-refractivity contribution in [2.24, 2.45) is 5.73 Å². The van der Waals surface area contributed by atoms with Crippen LogP contribution in [0.15, 0.2) is 24.3 Å². The van der Waals surface area contributed by atoms with Crippen molar-refractivity contribution in [2.45, 2.75) is 38.2 Å². The van der Waals surface area contributed by atoms with Gasteiger partial charge in [0, 0.05) is 12.3 Å². The van der Waals surface area contributed by atoms with E-state index in [1.54, 1.807) is 13.0 Å². The minimum atomic E-state index is -3.15. The second-order valence-corrected chi connectivity index (χ2v) is 7.20. The Morgan fingerprint density at radius 3 is 2.33 bits per heavy atom. The molecule has 0 aliphatic carbocycles. The second-order valence-electron chi connectivity index (χ2n) is 4.80. The number of benzene rings is 1. The molecule has 2 N–H and O–H groups in total. The van der Waals surface area contributed by atoms with Gasteiger partial charge in [-0.05, 0) is 38.5 Å². The van der Waals surface area contributed by atoms with Gasteiger partial charge in [-0.3, -0.25) is 0 Å². The van der Waals surface area contributed by atoms with Crippen molar-refractivity contribution in [3.63, 3.8) is 0 Å². The van der Waals surface area contributed by atoms with E-state index in [1.807, 2.05) is 32.0 Å². The summed E-state index contributed by atoms with van der Waals surface area (Å²) in [6, 6.07) is 6.73. The largest absolute Gasteiger partial charge is 0.491 e. The first-order chi connectivity index (χ1) is 8.21. The predicted molar refractivity (Wildman–Crippen MR) is 73.4 cm³/mol. The normalized spacial score (nSPS) is 15.4. The lowest BCUT2D eigenvalue weighted by Gasteiger charge is -2.19. The maximum atomic E-state index is 11.5. The number of nitrogens with two attached hydrogens (primary N) is 1. The maximum absolute atomic E-state index is 11.5. The van der Waals surface area contributed by atoms with Crippen LogP contribution in [0.25, 0.3) is 0 Å². The van der Waals surface area contributed by atoms with Gasteiger partial charge in [-0.15, -0.1) is 0 Å². The third-order valence-electron chi connectivity index (χ3n) is 2.80. The maximum Gasteiger partial charge on any atom is 0.151 e. The summed E-state index contributed by atoms with van der Waals surface area (Å²) in [5, 5.41) is -0.619. The smallest absolute Gasteiger partial charge is 0.151 e. The van der Waals surface area contributed by atoms with Crippen molar-refractivity contribution in [1.29, 1.82) is 0 Å². The van der Waals surface area contributed by atoms with Gasteiger partial charge in [0.05, 0.1) is 11.4 Å². The Kier molecular flexibility index (Phi) is 4.76. The third kappa shape index (κ3) is 3.99. The molecule has 0 heterocycles. The molecule has 1 aromatic carbocycles. The van der Waals surface area contributed by atoms with Gasteiger partial charge in [0.15, 0.2) is 9.84 Å². The van der Waals surface area contributed by atoms with E-state index in [-0.39, 0.29) is 6.10 Å². The SMILES string of the molecule is CC(C)Oc1cccc(C(N)C(C)S(C)(=O)=O)c1. The fourth-order valence-electron chi connectivity index (χ4n) is 1.60. The molecule has 5 heteroatoms. The molecule has 0 saturated heterocycles. The van der Waals surface area contributed by atoms with Gasteiger partial charge in [-0.25, -0.2) is 8.42 Å². The molecule has 0 fully saturated rings. The zero-order valence-corrected chi connectivity index (χ0v) is 12.1. The topological polar surface area (TPSA) is 69.4 Å². The molecule has 102 valence electrons. The number of ether oxygens (including phenoxy) is 1. The van der Waals surface area contributed by atoms with Crippen LogP contribution in [-0.4, -0.2) is 26.0 Å². The minimum absolute atomic E-state index is 0.0730. The van der Waals surface area contributed by atoms with E-state index >= 15 is 0 Å². The summed E-state index contributed by atoms with van der Waals surface area (Å²) in [6.07, 6.45) is 1.27. The third-order valence-corrected chi connectivity index (χ3v) is 4.44. The van der Waals surface area contributed by atoms with Crippen molar-refractivity contribution >= 4 is 9.84 Å². The highest BCUT2D eigenvalue weighted by molar-refractivity contribution is 7.91. The molecule has 1 rings (SSSR count). The van der Waals surface area contributed by atoms with Gasteiger partial charge >= 0.3 is 0 Å². The molecule has 1 aromatic rings. The molecular weight excluding hydrogens is 250 g/mol. The van der Waals surface area contributed by atoms with Crippen LogP contribution in [0.3, 0.4) is 0 Å². The van der Waals surface area contributed by atoms with Gasteiger partial charge in [-0.2, -0.15) is 0 Å². The molecule has 0 aromatic heterocycles. The van der Waals surface area contributed by atoms with Gasteiger partial charge < -0.3 is 10.5 Å². The quantitative estimate of drug-likeness (QED) is 0.888. The van der Waals surface area contributed by atoms with E-state index in [4.69, 9.17) is 10.5 Å². The first-order valence-electron chi connectivity index (χ1n) is 5.93. The highest BCUT2D eigenvalue weighted by Gasteiger charge is 2.24.